The van der Waals surface area contributed by atoms with E-state index in [1.807, 2.05) is 50.5 Å². The maximum Gasteiger partial charge on any atom is 0.339 e. The number of anilines is 3. The van der Waals surface area contributed by atoms with Crippen LogP contribution in [0, 0.1) is 0 Å². The lowest BCUT2D eigenvalue weighted by Gasteiger charge is -2.18. The molecule has 0 heterocycles. The molecule has 288 valence electrons. The molecule has 6 aromatic rings. The van der Waals surface area contributed by atoms with Gasteiger partial charge in [0.15, 0.2) is 0 Å². The lowest BCUT2D eigenvalue weighted by molar-refractivity contribution is 0.0591. The van der Waals surface area contributed by atoms with Crippen molar-refractivity contribution in [2.45, 2.75) is 9.79 Å². The minimum Gasteiger partial charge on any atom is -0.465 e. The number of carbonyl (C=O) groups is 2. The van der Waals surface area contributed by atoms with Gasteiger partial charge in [-0.05, 0) is 106 Å². The summed E-state index contributed by atoms with van der Waals surface area (Å²) in [5.74, 6) is -1.05. The van der Waals surface area contributed by atoms with Crippen molar-refractivity contribution >= 4 is 105 Å². The van der Waals surface area contributed by atoms with Gasteiger partial charge in [-0.1, -0.05) is 47.5 Å². The Labute approximate surface area is 333 Å². The molecule has 0 saturated carbocycles. The number of rotatable bonds is 10. The average molecular weight is 835 g/mol. The molecule has 0 aliphatic carbocycles. The van der Waals surface area contributed by atoms with Crippen molar-refractivity contribution in [1.29, 1.82) is 0 Å². The molecule has 0 atom stereocenters. The predicted octanol–water partition coefficient (Wildman–Crippen LogP) is 8.14. The number of esters is 2. The van der Waals surface area contributed by atoms with Gasteiger partial charge in [-0.15, -0.1) is 0 Å². The lowest BCUT2D eigenvalue weighted by Crippen LogP contribution is -2.29. The van der Waals surface area contributed by atoms with Crippen molar-refractivity contribution in [3.05, 3.63) is 130 Å². The summed E-state index contributed by atoms with van der Waals surface area (Å²) in [7, 11) is -2.21. The number of nitrogens with one attached hydrogen (secondary N) is 3. The fraction of sp³-hybridized carbons (Fsp3) is 0.103. The summed E-state index contributed by atoms with van der Waals surface area (Å²) >= 11 is 12.2. The fourth-order valence-corrected chi connectivity index (χ4v) is 8.09. The van der Waals surface area contributed by atoms with Gasteiger partial charge in [-0.25, -0.2) is 31.4 Å². The molecule has 0 aromatic heterocycles. The van der Waals surface area contributed by atoms with Gasteiger partial charge in [0.1, 0.15) is 0 Å². The largest absolute Gasteiger partial charge is 0.465 e. The van der Waals surface area contributed by atoms with Gasteiger partial charge < -0.3 is 19.7 Å². The molecule has 3 N–H and O–H groups in total. The van der Waals surface area contributed by atoms with Gasteiger partial charge in [0, 0.05) is 31.2 Å². The van der Waals surface area contributed by atoms with Gasteiger partial charge in [0.05, 0.1) is 50.9 Å². The Morgan fingerprint density at radius 3 is 1.46 bits per heavy atom. The summed E-state index contributed by atoms with van der Waals surface area (Å²) in [6.07, 6.45) is 0. The summed E-state index contributed by atoms with van der Waals surface area (Å²) in [5, 5.41) is 6.56. The first kappa shape index (κ1) is 39.8. The molecule has 56 heavy (non-hydrogen) atoms. The fourth-order valence-electron chi connectivity index (χ4n) is 5.55. The number of carbonyl (C=O) groups excluding carboxylic acids is 2. The normalized spacial score (nSPS) is 11.9. The third-order valence-corrected chi connectivity index (χ3v) is 11.8. The number of nitrogens with zero attached hydrogens (tertiary/aromatic N) is 2. The van der Waals surface area contributed by atoms with Crippen molar-refractivity contribution in [3.8, 4) is 0 Å². The number of ether oxygens (including phenoxy) is 2. The van der Waals surface area contributed by atoms with Gasteiger partial charge in [0.2, 0.25) is 5.96 Å². The van der Waals surface area contributed by atoms with Crippen LogP contribution in [0.25, 0.3) is 21.5 Å². The number of benzene rings is 6. The van der Waals surface area contributed by atoms with Crippen LogP contribution in [0.2, 0.25) is 10.0 Å². The van der Waals surface area contributed by atoms with Crippen molar-refractivity contribution in [2.75, 3.05) is 43.1 Å². The SMILES string of the molecule is COC(=O)c1cc(S(=O)(=O)Nc2ccc3ccc(N=C(Nc4ccc5ccc(NS(=O)(=O)c6ccc(Cl)c(C(=O)OC)c6)cc5c4)N(C)C)cc3c2)ccc1Cl. The molecule has 0 saturated heterocycles. The first-order valence-corrected chi connectivity index (χ1v) is 20.2. The zero-order chi connectivity index (χ0) is 40.4. The molecular formula is C39H33Cl2N5O8S2. The average Bonchev–Trinajstić information content (AvgIpc) is 3.16. The molecule has 0 unspecified atom stereocenters. The quantitative estimate of drug-likeness (QED) is 0.0695. The van der Waals surface area contributed by atoms with E-state index in [2.05, 4.69) is 14.8 Å². The predicted molar refractivity (Wildman–Crippen MR) is 220 cm³/mol. The van der Waals surface area contributed by atoms with Crippen molar-refractivity contribution in [3.63, 3.8) is 0 Å². The van der Waals surface area contributed by atoms with Crippen LogP contribution >= 0.6 is 23.2 Å². The number of guanidine groups is 1. The van der Waals surface area contributed by atoms with E-state index in [-0.39, 0.29) is 36.7 Å². The molecule has 0 amide bonds. The summed E-state index contributed by atoms with van der Waals surface area (Å²) in [5.41, 5.74) is 1.67. The Morgan fingerprint density at radius 1 is 0.571 bits per heavy atom. The lowest BCUT2D eigenvalue weighted by atomic mass is 10.1. The van der Waals surface area contributed by atoms with Crippen LogP contribution in [0.15, 0.2) is 124 Å². The molecule has 0 fully saturated rings. The first-order chi connectivity index (χ1) is 26.6. The Morgan fingerprint density at radius 2 is 1.00 bits per heavy atom. The molecule has 0 aliphatic heterocycles. The number of fused-ring (bicyclic) bond motifs is 2. The van der Waals surface area contributed by atoms with Crippen molar-refractivity contribution in [1.82, 2.24) is 4.90 Å². The van der Waals surface area contributed by atoms with E-state index in [9.17, 15) is 26.4 Å². The molecule has 0 bridgehead atoms. The molecule has 6 aromatic carbocycles. The van der Waals surface area contributed by atoms with Crippen LogP contribution in [-0.2, 0) is 29.5 Å². The molecule has 0 aliphatic rings. The highest BCUT2D eigenvalue weighted by molar-refractivity contribution is 7.93. The Hall–Kier alpha value is -5.87. The summed E-state index contributed by atoms with van der Waals surface area (Å²) in [6.45, 7) is 0. The molecule has 13 nitrogen and oxygen atoms in total. The maximum absolute atomic E-state index is 13.3. The zero-order valence-electron chi connectivity index (χ0n) is 30.1. The number of hydrogen-bond donors (Lipinski definition) is 3. The smallest absolute Gasteiger partial charge is 0.339 e. The Bertz CT molecular complexity index is 2800. The second kappa shape index (κ2) is 16.1. The summed E-state index contributed by atoms with van der Waals surface area (Å²) < 4.78 is 67.5. The maximum atomic E-state index is 13.3. The monoisotopic (exact) mass is 833 g/mol. The van der Waals surface area contributed by atoms with Crippen LogP contribution < -0.4 is 14.8 Å². The van der Waals surface area contributed by atoms with E-state index in [4.69, 9.17) is 37.7 Å². The zero-order valence-corrected chi connectivity index (χ0v) is 33.3. The van der Waals surface area contributed by atoms with E-state index in [1.165, 1.54) is 38.5 Å². The van der Waals surface area contributed by atoms with Crippen molar-refractivity contribution in [2.24, 2.45) is 4.99 Å². The molecule has 0 radical (unpaired) electrons. The van der Waals surface area contributed by atoms with E-state index in [0.717, 1.165) is 28.3 Å². The molecule has 0 spiro atoms. The highest BCUT2D eigenvalue weighted by atomic mass is 35.5. The van der Waals surface area contributed by atoms with E-state index < -0.39 is 32.0 Å². The summed E-state index contributed by atoms with van der Waals surface area (Å²) in [4.78, 5) is 30.4. The van der Waals surface area contributed by atoms with Crippen molar-refractivity contribution < 1.29 is 35.9 Å². The van der Waals surface area contributed by atoms with Gasteiger partial charge in [-0.2, -0.15) is 0 Å². The Balaban J connectivity index is 1.23. The van der Waals surface area contributed by atoms with E-state index >= 15 is 0 Å². The minimum atomic E-state index is -4.10. The third kappa shape index (κ3) is 8.81. The van der Waals surface area contributed by atoms with E-state index in [1.54, 1.807) is 41.3 Å². The summed E-state index contributed by atoms with van der Waals surface area (Å²) in [6, 6.07) is 28.8. The van der Waals surface area contributed by atoms with Crippen LogP contribution in [0.4, 0.5) is 22.7 Å². The van der Waals surface area contributed by atoms with Gasteiger partial charge in [0.25, 0.3) is 20.0 Å². The number of halogens is 2. The van der Waals surface area contributed by atoms with Crippen LogP contribution in [0.1, 0.15) is 20.7 Å². The Kier molecular flexibility index (Phi) is 11.4. The molecule has 6 rings (SSSR count). The first-order valence-electron chi connectivity index (χ1n) is 16.5. The highest BCUT2D eigenvalue weighted by Crippen LogP contribution is 2.30. The minimum absolute atomic E-state index is 0.0609. The second-order valence-corrected chi connectivity index (χ2v) is 16.6. The van der Waals surface area contributed by atoms with Gasteiger partial charge in [-0.3, -0.25) is 9.44 Å². The highest BCUT2D eigenvalue weighted by Gasteiger charge is 2.21. The standard InChI is InChI=1S/C39H33Cl2N5O8S2/c1-46(2)39(42-27-9-5-23-7-11-29(19-25(23)17-27)44-55(49,50)31-13-15-35(40)33(21-31)37(47)53-3)43-28-10-6-24-8-12-30(20-26(24)18-28)45-56(51,52)32-14-16-36(41)34(22-32)38(48)54-4/h5-22,44-45H,1-4H3,(H,42,43). The van der Waals surface area contributed by atoms with Crippen LogP contribution in [-0.4, -0.2) is 67.9 Å². The third-order valence-electron chi connectivity index (χ3n) is 8.39. The van der Waals surface area contributed by atoms with Crippen LogP contribution in [0.5, 0.6) is 0 Å². The van der Waals surface area contributed by atoms with Crippen LogP contribution in [0.3, 0.4) is 0 Å². The number of sulfonamides is 2. The molecule has 17 heteroatoms. The molecular weight excluding hydrogens is 801 g/mol. The second-order valence-electron chi connectivity index (χ2n) is 12.5. The number of aliphatic imine (C=N–C) groups is 1. The van der Waals surface area contributed by atoms with E-state index in [0.29, 0.717) is 28.4 Å². The van der Waals surface area contributed by atoms with Gasteiger partial charge >= 0.3 is 11.9 Å². The topological polar surface area (TPSA) is 173 Å². The number of hydrogen-bond acceptors (Lipinski definition) is 9. The number of methoxy groups -OCH3 is 2.